The van der Waals surface area contributed by atoms with Crippen molar-refractivity contribution in [1.82, 2.24) is 4.98 Å². The molecule has 14 heavy (non-hydrogen) atoms. The Kier molecular flexibility index (Phi) is 2.20. The molecular formula is C12H12ClN. The number of hydrogen-bond acceptors (Lipinski definition) is 1. The SMILES string of the molecule is Cc1cc2c(C)ccc(C)c2nc1Cl. The Labute approximate surface area is 88.7 Å². The summed E-state index contributed by atoms with van der Waals surface area (Å²) in [4.78, 5) is 4.40. The van der Waals surface area contributed by atoms with Crippen molar-refractivity contribution in [3.8, 4) is 0 Å². The summed E-state index contributed by atoms with van der Waals surface area (Å²) in [5, 5.41) is 1.80. The fraction of sp³-hybridized carbons (Fsp3) is 0.250. The van der Waals surface area contributed by atoms with Gasteiger partial charge in [-0.25, -0.2) is 4.98 Å². The third-order valence-electron chi connectivity index (χ3n) is 2.53. The van der Waals surface area contributed by atoms with Crippen LogP contribution in [0.3, 0.4) is 0 Å². The Morgan fingerprint density at radius 3 is 2.36 bits per heavy atom. The summed E-state index contributed by atoms with van der Waals surface area (Å²) in [5.41, 5.74) is 4.47. The van der Waals surface area contributed by atoms with Crippen LogP contribution in [0.25, 0.3) is 10.9 Å². The molecule has 1 heterocycles. The van der Waals surface area contributed by atoms with Crippen molar-refractivity contribution in [2.45, 2.75) is 20.8 Å². The standard InChI is InChI=1S/C12H12ClN/c1-7-4-5-8(2)11-10(7)6-9(3)12(13)14-11/h4-6H,1-3H3. The molecule has 1 aromatic heterocycles. The maximum absolute atomic E-state index is 6.00. The molecule has 2 heteroatoms. The predicted molar refractivity (Wildman–Crippen MR) is 61.0 cm³/mol. The van der Waals surface area contributed by atoms with Crippen molar-refractivity contribution in [3.05, 3.63) is 40.0 Å². The van der Waals surface area contributed by atoms with Crippen LogP contribution in [0, 0.1) is 20.8 Å². The first-order chi connectivity index (χ1) is 6.59. The molecule has 0 fully saturated rings. The zero-order valence-corrected chi connectivity index (χ0v) is 9.31. The second kappa shape index (κ2) is 3.25. The van der Waals surface area contributed by atoms with Crippen LogP contribution < -0.4 is 0 Å². The summed E-state index contributed by atoms with van der Waals surface area (Å²) in [7, 11) is 0. The number of aryl methyl sites for hydroxylation is 3. The fourth-order valence-electron chi connectivity index (χ4n) is 1.61. The Hall–Kier alpha value is -1.08. The highest BCUT2D eigenvalue weighted by atomic mass is 35.5. The van der Waals surface area contributed by atoms with Crippen molar-refractivity contribution in [1.29, 1.82) is 0 Å². The largest absolute Gasteiger partial charge is 0.236 e. The highest BCUT2D eigenvalue weighted by molar-refractivity contribution is 6.30. The molecule has 0 aliphatic carbocycles. The van der Waals surface area contributed by atoms with Gasteiger partial charge in [0.1, 0.15) is 5.15 Å². The van der Waals surface area contributed by atoms with Gasteiger partial charge in [0.2, 0.25) is 0 Å². The molecule has 0 N–H and O–H groups in total. The Balaban J connectivity index is 2.94. The molecule has 0 spiro atoms. The van der Waals surface area contributed by atoms with E-state index in [2.05, 4.69) is 37.0 Å². The third kappa shape index (κ3) is 1.38. The number of nitrogens with zero attached hydrogens (tertiary/aromatic N) is 1. The molecule has 1 nitrogen and oxygen atoms in total. The van der Waals surface area contributed by atoms with Crippen molar-refractivity contribution in [2.75, 3.05) is 0 Å². The molecule has 0 aliphatic rings. The number of halogens is 1. The van der Waals surface area contributed by atoms with Gasteiger partial charge < -0.3 is 0 Å². The van der Waals surface area contributed by atoms with E-state index >= 15 is 0 Å². The zero-order chi connectivity index (χ0) is 10.3. The van der Waals surface area contributed by atoms with E-state index in [0.29, 0.717) is 5.15 Å². The quantitative estimate of drug-likeness (QED) is 0.596. The summed E-state index contributed by atoms with van der Waals surface area (Å²) in [6, 6.07) is 6.30. The molecule has 0 saturated heterocycles. The highest BCUT2D eigenvalue weighted by Crippen LogP contribution is 2.24. The molecule has 0 radical (unpaired) electrons. The molecule has 0 amide bonds. The average molecular weight is 206 g/mol. The van der Waals surface area contributed by atoms with Crippen molar-refractivity contribution >= 4 is 22.5 Å². The minimum atomic E-state index is 0.603. The minimum Gasteiger partial charge on any atom is -0.236 e. The molecule has 72 valence electrons. The van der Waals surface area contributed by atoms with Gasteiger partial charge >= 0.3 is 0 Å². The van der Waals surface area contributed by atoms with Crippen LogP contribution in [0.5, 0.6) is 0 Å². The molecule has 0 saturated carbocycles. The smallest absolute Gasteiger partial charge is 0.132 e. The molecule has 0 bridgehead atoms. The molecule has 1 aromatic carbocycles. The van der Waals surface area contributed by atoms with Crippen molar-refractivity contribution < 1.29 is 0 Å². The number of aromatic nitrogens is 1. The first-order valence-corrected chi connectivity index (χ1v) is 5.00. The first-order valence-electron chi connectivity index (χ1n) is 4.62. The van der Waals surface area contributed by atoms with Gasteiger partial charge in [-0.05, 0) is 43.5 Å². The first kappa shape index (κ1) is 9.47. The number of benzene rings is 1. The second-order valence-corrected chi connectivity index (χ2v) is 4.05. The highest BCUT2D eigenvalue weighted by Gasteiger charge is 2.05. The van der Waals surface area contributed by atoms with Gasteiger partial charge in [-0.1, -0.05) is 23.7 Å². The van der Waals surface area contributed by atoms with E-state index in [9.17, 15) is 0 Å². The topological polar surface area (TPSA) is 12.9 Å². The van der Waals surface area contributed by atoms with Gasteiger partial charge in [-0.3, -0.25) is 0 Å². The minimum absolute atomic E-state index is 0.603. The van der Waals surface area contributed by atoms with E-state index in [1.165, 1.54) is 16.5 Å². The second-order valence-electron chi connectivity index (χ2n) is 3.69. The van der Waals surface area contributed by atoms with E-state index in [0.717, 1.165) is 11.1 Å². The monoisotopic (exact) mass is 205 g/mol. The van der Waals surface area contributed by atoms with Crippen molar-refractivity contribution in [2.24, 2.45) is 0 Å². The molecule has 0 aliphatic heterocycles. The van der Waals surface area contributed by atoms with Gasteiger partial charge in [0.05, 0.1) is 5.52 Å². The van der Waals surface area contributed by atoms with Crippen LogP contribution in [0.1, 0.15) is 16.7 Å². The van der Waals surface area contributed by atoms with Crippen LogP contribution in [-0.2, 0) is 0 Å². The number of fused-ring (bicyclic) bond motifs is 1. The molecule has 0 unspecified atom stereocenters. The van der Waals surface area contributed by atoms with E-state index < -0.39 is 0 Å². The average Bonchev–Trinajstić information content (AvgIpc) is 2.15. The summed E-state index contributed by atoms with van der Waals surface area (Å²) in [6.45, 7) is 6.13. The van der Waals surface area contributed by atoms with E-state index in [1.807, 2.05) is 6.92 Å². The molecule has 0 atom stereocenters. The van der Waals surface area contributed by atoms with Gasteiger partial charge in [0.15, 0.2) is 0 Å². The fourth-order valence-corrected chi connectivity index (χ4v) is 1.75. The number of pyridine rings is 1. The Bertz CT molecular complexity index is 457. The normalized spacial score (nSPS) is 10.9. The van der Waals surface area contributed by atoms with Gasteiger partial charge in [0.25, 0.3) is 0 Å². The van der Waals surface area contributed by atoms with E-state index in [1.54, 1.807) is 0 Å². The molecular weight excluding hydrogens is 194 g/mol. The molecule has 2 rings (SSSR count). The van der Waals surface area contributed by atoms with Gasteiger partial charge in [-0.2, -0.15) is 0 Å². The third-order valence-corrected chi connectivity index (χ3v) is 2.92. The lowest BCUT2D eigenvalue weighted by Crippen LogP contribution is -1.89. The predicted octanol–water partition coefficient (Wildman–Crippen LogP) is 3.81. The zero-order valence-electron chi connectivity index (χ0n) is 8.56. The summed E-state index contributed by atoms with van der Waals surface area (Å²) in [5.74, 6) is 0. The van der Waals surface area contributed by atoms with E-state index in [-0.39, 0.29) is 0 Å². The van der Waals surface area contributed by atoms with Crippen LogP contribution in [0.15, 0.2) is 18.2 Å². The lowest BCUT2D eigenvalue weighted by atomic mass is 10.0. The lowest BCUT2D eigenvalue weighted by molar-refractivity contribution is 1.30. The summed E-state index contributed by atoms with van der Waals surface area (Å²) in [6.07, 6.45) is 0. The maximum atomic E-state index is 6.00. The summed E-state index contributed by atoms with van der Waals surface area (Å²) >= 11 is 6.00. The van der Waals surface area contributed by atoms with E-state index in [4.69, 9.17) is 11.6 Å². The van der Waals surface area contributed by atoms with Crippen molar-refractivity contribution in [3.63, 3.8) is 0 Å². The van der Waals surface area contributed by atoms with Crippen LogP contribution in [-0.4, -0.2) is 4.98 Å². The Morgan fingerprint density at radius 2 is 1.64 bits per heavy atom. The Morgan fingerprint density at radius 1 is 1.00 bits per heavy atom. The number of rotatable bonds is 0. The van der Waals surface area contributed by atoms with Crippen LogP contribution >= 0.6 is 11.6 Å². The number of hydrogen-bond donors (Lipinski definition) is 0. The van der Waals surface area contributed by atoms with Gasteiger partial charge in [0, 0.05) is 5.39 Å². The molecule has 2 aromatic rings. The lowest BCUT2D eigenvalue weighted by Gasteiger charge is -2.06. The maximum Gasteiger partial charge on any atom is 0.132 e. The van der Waals surface area contributed by atoms with Crippen LogP contribution in [0.4, 0.5) is 0 Å². The van der Waals surface area contributed by atoms with Gasteiger partial charge in [-0.15, -0.1) is 0 Å². The van der Waals surface area contributed by atoms with Crippen LogP contribution in [0.2, 0.25) is 5.15 Å². The summed E-state index contributed by atoms with van der Waals surface area (Å²) < 4.78 is 0.